The van der Waals surface area contributed by atoms with Gasteiger partial charge in [0.25, 0.3) is 0 Å². The van der Waals surface area contributed by atoms with E-state index < -0.39 is 5.79 Å². The van der Waals surface area contributed by atoms with Crippen molar-refractivity contribution < 1.29 is 28.5 Å². The molecule has 4 unspecified atom stereocenters. The Labute approximate surface area is 350 Å². The van der Waals surface area contributed by atoms with Gasteiger partial charge in [-0.2, -0.15) is 0 Å². The van der Waals surface area contributed by atoms with E-state index in [0.717, 1.165) is 77.4 Å². The molecule has 2 heterocycles. The first kappa shape index (κ1) is 51.0. The summed E-state index contributed by atoms with van der Waals surface area (Å²) in [6.45, 7) is 15.4. The number of unbranched alkanes of at least 4 members (excludes halogenated alkanes) is 18. The monoisotopic (exact) mass is 798 g/mol. The van der Waals surface area contributed by atoms with Crippen molar-refractivity contribution in [2.24, 2.45) is 11.8 Å². The van der Waals surface area contributed by atoms with Crippen LogP contribution in [0.25, 0.3) is 0 Å². The van der Waals surface area contributed by atoms with Gasteiger partial charge in [-0.15, -0.1) is 0 Å². The third-order valence-corrected chi connectivity index (χ3v) is 11.9. The molecule has 7 nitrogen and oxygen atoms in total. The molecule has 0 aromatic rings. The van der Waals surface area contributed by atoms with Crippen LogP contribution in [0.3, 0.4) is 0 Å². The second kappa shape index (κ2) is 34.7. The van der Waals surface area contributed by atoms with E-state index in [1.807, 2.05) is 6.08 Å². The highest BCUT2D eigenvalue weighted by Gasteiger charge is 2.41. The number of allylic oxidation sites excluding steroid dienone is 1. The summed E-state index contributed by atoms with van der Waals surface area (Å²) in [5.41, 5.74) is 8.29. The number of hydrogen-bond donors (Lipinski definition) is 0. The van der Waals surface area contributed by atoms with Crippen LogP contribution in [0.2, 0.25) is 0 Å². The van der Waals surface area contributed by atoms with Crippen LogP contribution >= 0.6 is 0 Å². The van der Waals surface area contributed by atoms with E-state index in [1.165, 1.54) is 129 Å². The highest BCUT2D eigenvalue weighted by molar-refractivity contribution is 5.70. The maximum Gasteiger partial charge on any atom is 0.306 e. The normalized spacial score (nSPS) is 19.1. The van der Waals surface area contributed by atoms with Crippen molar-refractivity contribution in [3.8, 4) is 0 Å². The fraction of sp³-hybridized carbons (Fsp3) is 0.860. The lowest BCUT2D eigenvalue weighted by molar-refractivity contribution is -0.180. The van der Waals surface area contributed by atoms with Gasteiger partial charge in [-0.3, -0.25) is 9.59 Å². The summed E-state index contributed by atoms with van der Waals surface area (Å²) in [5.74, 6) is 0.0629. The number of hydrogen-bond acceptors (Lipinski definition) is 7. The van der Waals surface area contributed by atoms with Crippen LogP contribution in [-0.2, 0) is 28.5 Å². The standard InChI is InChI=1S/C50H87NO6/c1-5-8-23-32-45(4)41-48(52)54-39-30-21-17-13-11-15-19-26-35-50(56-44-47(57-50)43-51-37-28-29-38-51)36-27-20-16-12-14-18-22-31-40-55-49(53)42-46(33-24-9-6-2)34-25-10-7-3/h33,45-47H,2,5,7-8,10-23,25-32,34-44H2,1,3-4H3. The van der Waals surface area contributed by atoms with E-state index in [1.54, 1.807) is 0 Å². The molecular weight excluding hydrogens is 711 g/mol. The van der Waals surface area contributed by atoms with Crippen molar-refractivity contribution in [3.05, 3.63) is 29.8 Å². The zero-order chi connectivity index (χ0) is 41.1. The summed E-state index contributed by atoms with van der Waals surface area (Å²) in [6, 6.07) is 0. The van der Waals surface area contributed by atoms with Gasteiger partial charge in [-0.25, -0.2) is 0 Å². The first-order valence-electron chi connectivity index (χ1n) is 24.1. The highest BCUT2D eigenvalue weighted by Crippen LogP contribution is 2.35. The van der Waals surface area contributed by atoms with Gasteiger partial charge in [-0.05, 0) is 88.3 Å². The predicted molar refractivity (Wildman–Crippen MR) is 235 cm³/mol. The summed E-state index contributed by atoms with van der Waals surface area (Å²) < 4.78 is 24.4. The third kappa shape index (κ3) is 27.3. The fourth-order valence-corrected chi connectivity index (χ4v) is 8.41. The minimum Gasteiger partial charge on any atom is -0.466 e. The van der Waals surface area contributed by atoms with Gasteiger partial charge >= 0.3 is 11.9 Å². The lowest BCUT2D eigenvalue weighted by Gasteiger charge is -2.29. The molecule has 0 saturated carbocycles. The van der Waals surface area contributed by atoms with Crippen LogP contribution in [0, 0.1) is 11.8 Å². The first-order chi connectivity index (χ1) is 27.9. The van der Waals surface area contributed by atoms with Crippen molar-refractivity contribution in [1.29, 1.82) is 0 Å². The molecule has 2 aliphatic rings. The van der Waals surface area contributed by atoms with E-state index >= 15 is 0 Å². The van der Waals surface area contributed by atoms with E-state index in [0.29, 0.717) is 32.0 Å². The lowest BCUT2D eigenvalue weighted by Crippen LogP contribution is -2.35. The maximum absolute atomic E-state index is 12.4. The minimum atomic E-state index is -0.391. The zero-order valence-corrected chi connectivity index (χ0v) is 37.4. The molecule has 0 radical (unpaired) electrons. The number of carbonyl (C=O) groups is 2. The number of ether oxygens (including phenoxy) is 4. The quantitative estimate of drug-likeness (QED) is 0.0352. The molecule has 0 spiro atoms. The summed E-state index contributed by atoms with van der Waals surface area (Å²) >= 11 is 0. The van der Waals surface area contributed by atoms with Crippen LogP contribution < -0.4 is 0 Å². The molecular formula is C50H87NO6. The van der Waals surface area contributed by atoms with Crippen LogP contribution in [0.15, 0.2) is 29.8 Å². The molecule has 0 aromatic carbocycles. The fourth-order valence-electron chi connectivity index (χ4n) is 8.41. The van der Waals surface area contributed by atoms with E-state index in [-0.39, 0.29) is 24.0 Å². The second-order valence-electron chi connectivity index (χ2n) is 17.4. The topological polar surface area (TPSA) is 74.3 Å². The van der Waals surface area contributed by atoms with Gasteiger partial charge in [-0.1, -0.05) is 154 Å². The van der Waals surface area contributed by atoms with Gasteiger partial charge < -0.3 is 23.8 Å². The number of carbonyl (C=O) groups excluding carboxylic acids is 2. The molecule has 0 bridgehead atoms. The Morgan fingerprint density at radius 3 is 1.77 bits per heavy atom. The smallest absolute Gasteiger partial charge is 0.306 e. The van der Waals surface area contributed by atoms with Gasteiger partial charge in [0.2, 0.25) is 0 Å². The van der Waals surface area contributed by atoms with Gasteiger partial charge in [0.15, 0.2) is 5.79 Å². The molecule has 328 valence electrons. The summed E-state index contributed by atoms with van der Waals surface area (Å²) in [4.78, 5) is 27.1. The van der Waals surface area contributed by atoms with Crippen molar-refractivity contribution in [2.45, 2.75) is 225 Å². The maximum atomic E-state index is 12.4. The molecule has 7 heteroatoms. The largest absolute Gasteiger partial charge is 0.466 e. The Hall–Kier alpha value is -2.10. The average molecular weight is 798 g/mol. The van der Waals surface area contributed by atoms with Crippen LogP contribution in [-0.4, -0.2) is 68.2 Å². The Kier molecular flexibility index (Phi) is 31.1. The molecule has 2 rings (SSSR count). The van der Waals surface area contributed by atoms with E-state index in [4.69, 9.17) is 18.9 Å². The summed E-state index contributed by atoms with van der Waals surface area (Å²) in [6.07, 6.45) is 35.9. The third-order valence-electron chi connectivity index (χ3n) is 11.9. The number of likely N-dealkylation sites (tertiary alicyclic amines) is 1. The number of rotatable bonds is 37. The molecule has 0 N–H and O–H groups in total. The van der Waals surface area contributed by atoms with Gasteiger partial charge in [0.05, 0.1) is 32.3 Å². The Morgan fingerprint density at radius 1 is 0.719 bits per heavy atom. The van der Waals surface area contributed by atoms with Crippen LogP contribution in [0.4, 0.5) is 0 Å². The SMILES string of the molecule is C=C=C=C=CC(CCCCC)CC(=O)OCCCCCCCCCCC1(CCCCCCCCCCOC(=O)CC(C)CCCCC)OCC(CN2CCCC2)O1. The molecule has 0 aliphatic carbocycles. The number of nitrogens with zero attached hydrogens (tertiary/aromatic N) is 1. The van der Waals surface area contributed by atoms with Crippen LogP contribution in [0.5, 0.6) is 0 Å². The summed E-state index contributed by atoms with van der Waals surface area (Å²) in [7, 11) is 0. The van der Waals surface area contributed by atoms with Crippen molar-refractivity contribution in [3.63, 3.8) is 0 Å². The highest BCUT2D eigenvalue weighted by atomic mass is 16.7. The van der Waals surface area contributed by atoms with Gasteiger partial charge in [0.1, 0.15) is 0 Å². The Bertz CT molecular complexity index is 1130. The summed E-state index contributed by atoms with van der Waals surface area (Å²) in [5, 5.41) is 0. The predicted octanol–water partition coefficient (Wildman–Crippen LogP) is 13.1. The Morgan fingerprint density at radius 2 is 1.23 bits per heavy atom. The first-order valence-corrected chi connectivity index (χ1v) is 24.1. The second-order valence-corrected chi connectivity index (χ2v) is 17.4. The van der Waals surface area contributed by atoms with Crippen molar-refractivity contribution in [1.82, 2.24) is 4.90 Å². The molecule has 0 amide bonds. The Balaban J connectivity index is 1.55. The van der Waals surface area contributed by atoms with Crippen molar-refractivity contribution in [2.75, 3.05) is 39.5 Å². The zero-order valence-electron chi connectivity index (χ0n) is 37.4. The molecule has 2 fully saturated rings. The molecule has 2 aliphatic heterocycles. The van der Waals surface area contributed by atoms with E-state index in [9.17, 15) is 9.59 Å². The molecule has 4 atom stereocenters. The molecule has 0 aromatic heterocycles. The van der Waals surface area contributed by atoms with Crippen LogP contribution in [0.1, 0.15) is 213 Å². The average Bonchev–Trinajstić information content (AvgIpc) is 3.86. The van der Waals surface area contributed by atoms with E-state index in [2.05, 4.69) is 49.4 Å². The van der Waals surface area contributed by atoms with Crippen molar-refractivity contribution >= 4 is 11.9 Å². The van der Waals surface area contributed by atoms with Gasteiger partial charge in [0, 0.05) is 25.8 Å². The minimum absolute atomic E-state index is 0.0165. The number of esters is 2. The lowest BCUT2D eigenvalue weighted by atomic mass is 9.98. The molecule has 57 heavy (non-hydrogen) atoms. The molecule has 2 saturated heterocycles.